The number of benzene rings is 2. The van der Waals surface area contributed by atoms with Crippen LogP contribution in [-0.4, -0.2) is 6.04 Å². The maximum atomic E-state index is 6.32. The van der Waals surface area contributed by atoms with Crippen molar-refractivity contribution in [2.45, 2.75) is 37.0 Å². The molecule has 3 heteroatoms. The van der Waals surface area contributed by atoms with E-state index in [1.165, 1.54) is 16.0 Å². The summed E-state index contributed by atoms with van der Waals surface area (Å²) in [5.74, 6) is 0.968. The average molecular weight is 306 g/mol. The molecule has 106 valence electrons. The molecule has 0 saturated heterocycles. The van der Waals surface area contributed by atoms with Gasteiger partial charge in [-0.05, 0) is 49.1 Å². The first kappa shape index (κ1) is 15.4. The van der Waals surface area contributed by atoms with E-state index >= 15 is 0 Å². The van der Waals surface area contributed by atoms with E-state index in [-0.39, 0.29) is 6.04 Å². The molecule has 0 heterocycles. The van der Waals surface area contributed by atoms with Gasteiger partial charge in [-0.1, -0.05) is 41.9 Å². The Labute approximate surface area is 130 Å². The number of hydrogen-bond acceptors (Lipinski definition) is 2. The fraction of sp³-hybridized carbons (Fsp3) is 0.294. The van der Waals surface area contributed by atoms with Crippen molar-refractivity contribution in [3.05, 3.63) is 64.2 Å². The van der Waals surface area contributed by atoms with Gasteiger partial charge in [0.05, 0.1) is 0 Å². The van der Waals surface area contributed by atoms with Gasteiger partial charge in [0.2, 0.25) is 0 Å². The van der Waals surface area contributed by atoms with Crippen LogP contribution < -0.4 is 5.73 Å². The molecule has 2 rings (SSSR count). The van der Waals surface area contributed by atoms with Gasteiger partial charge >= 0.3 is 0 Å². The van der Waals surface area contributed by atoms with Gasteiger partial charge in [-0.15, -0.1) is 11.8 Å². The van der Waals surface area contributed by atoms with Crippen LogP contribution in [0.1, 0.15) is 23.6 Å². The highest BCUT2D eigenvalue weighted by Gasteiger charge is 2.06. The third-order valence-electron chi connectivity index (χ3n) is 3.22. The predicted molar refractivity (Wildman–Crippen MR) is 89.5 cm³/mol. The SMILES string of the molecule is Cc1ccccc1CSc1ccc(CC(C)N)c(Cl)c1. The Kier molecular flexibility index (Phi) is 5.53. The Hall–Kier alpha value is -0.960. The molecule has 0 spiro atoms. The highest BCUT2D eigenvalue weighted by molar-refractivity contribution is 7.98. The van der Waals surface area contributed by atoms with E-state index in [2.05, 4.69) is 43.3 Å². The zero-order chi connectivity index (χ0) is 14.5. The molecule has 0 aliphatic heterocycles. The summed E-state index contributed by atoms with van der Waals surface area (Å²) in [7, 11) is 0. The fourth-order valence-corrected chi connectivity index (χ4v) is 3.40. The molecular formula is C17H20ClNS. The summed E-state index contributed by atoms with van der Waals surface area (Å²) in [6.45, 7) is 4.14. The van der Waals surface area contributed by atoms with Crippen molar-refractivity contribution in [1.29, 1.82) is 0 Å². The number of halogens is 1. The van der Waals surface area contributed by atoms with Gasteiger partial charge < -0.3 is 5.73 Å². The van der Waals surface area contributed by atoms with Crippen LogP contribution in [0.2, 0.25) is 5.02 Å². The van der Waals surface area contributed by atoms with Gasteiger partial charge in [-0.3, -0.25) is 0 Å². The van der Waals surface area contributed by atoms with E-state index in [0.29, 0.717) is 0 Å². The summed E-state index contributed by atoms with van der Waals surface area (Å²) in [6.07, 6.45) is 0.821. The molecule has 0 fully saturated rings. The molecule has 1 unspecified atom stereocenters. The maximum Gasteiger partial charge on any atom is 0.0449 e. The van der Waals surface area contributed by atoms with Crippen molar-refractivity contribution >= 4 is 23.4 Å². The summed E-state index contributed by atoms with van der Waals surface area (Å²) in [6, 6.07) is 14.9. The van der Waals surface area contributed by atoms with Gasteiger partial charge in [0.25, 0.3) is 0 Å². The first-order chi connectivity index (χ1) is 9.56. The molecule has 0 amide bonds. The zero-order valence-electron chi connectivity index (χ0n) is 11.9. The molecule has 1 nitrogen and oxygen atoms in total. The summed E-state index contributed by atoms with van der Waals surface area (Å²) >= 11 is 8.13. The van der Waals surface area contributed by atoms with Crippen molar-refractivity contribution < 1.29 is 0 Å². The Morgan fingerprint density at radius 2 is 1.90 bits per heavy atom. The smallest absolute Gasteiger partial charge is 0.0449 e. The first-order valence-electron chi connectivity index (χ1n) is 6.77. The van der Waals surface area contributed by atoms with E-state index in [1.54, 1.807) is 0 Å². The second-order valence-corrected chi connectivity index (χ2v) is 6.61. The predicted octanol–water partition coefficient (Wildman–Crippen LogP) is 4.83. The van der Waals surface area contributed by atoms with Gasteiger partial charge in [-0.25, -0.2) is 0 Å². The number of thioether (sulfide) groups is 1. The lowest BCUT2D eigenvalue weighted by molar-refractivity contribution is 0.738. The highest BCUT2D eigenvalue weighted by Crippen LogP contribution is 2.28. The molecule has 1 atom stereocenters. The second-order valence-electron chi connectivity index (χ2n) is 5.15. The van der Waals surface area contributed by atoms with E-state index < -0.39 is 0 Å². The number of hydrogen-bond donors (Lipinski definition) is 1. The molecule has 2 aromatic carbocycles. The molecule has 0 saturated carbocycles. The van der Waals surface area contributed by atoms with Gasteiger partial charge in [0.1, 0.15) is 0 Å². The largest absolute Gasteiger partial charge is 0.328 e. The third-order valence-corrected chi connectivity index (χ3v) is 4.62. The second kappa shape index (κ2) is 7.16. The topological polar surface area (TPSA) is 26.0 Å². The van der Waals surface area contributed by atoms with Gasteiger partial charge in [0.15, 0.2) is 0 Å². The lowest BCUT2D eigenvalue weighted by atomic mass is 10.1. The Morgan fingerprint density at radius 1 is 1.15 bits per heavy atom. The van der Waals surface area contributed by atoms with E-state index in [9.17, 15) is 0 Å². The molecule has 0 aliphatic carbocycles. The van der Waals surface area contributed by atoms with Crippen LogP contribution in [0.5, 0.6) is 0 Å². The zero-order valence-corrected chi connectivity index (χ0v) is 13.5. The number of nitrogens with two attached hydrogens (primary N) is 1. The Balaban J connectivity index is 2.04. The molecule has 0 aliphatic rings. The molecule has 0 bridgehead atoms. The van der Waals surface area contributed by atoms with Crippen LogP contribution in [-0.2, 0) is 12.2 Å². The van der Waals surface area contributed by atoms with Gasteiger partial charge in [0, 0.05) is 21.7 Å². The van der Waals surface area contributed by atoms with Crippen molar-refractivity contribution in [1.82, 2.24) is 0 Å². The summed E-state index contributed by atoms with van der Waals surface area (Å²) in [5.41, 5.74) is 9.65. The standard InChI is InChI=1S/C17H20ClNS/c1-12-5-3-4-6-15(12)11-20-16-8-7-14(9-13(2)19)17(18)10-16/h3-8,10,13H,9,11,19H2,1-2H3. The lowest BCUT2D eigenvalue weighted by Crippen LogP contribution is -2.17. The van der Waals surface area contributed by atoms with Crippen LogP contribution in [0, 0.1) is 6.92 Å². The van der Waals surface area contributed by atoms with Crippen LogP contribution in [0.15, 0.2) is 47.4 Å². The van der Waals surface area contributed by atoms with E-state index in [1.807, 2.05) is 24.8 Å². The average Bonchev–Trinajstić information content (AvgIpc) is 2.40. The third kappa shape index (κ3) is 4.27. The van der Waals surface area contributed by atoms with Crippen molar-refractivity contribution in [3.8, 4) is 0 Å². The maximum absolute atomic E-state index is 6.32. The summed E-state index contributed by atoms with van der Waals surface area (Å²) in [5, 5.41) is 0.817. The highest BCUT2D eigenvalue weighted by atomic mass is 35.5. The summed E-state index contributed by atoms with van der Waals surface area (Å²) in [4.78, 5) is 1.20. The normalized spacial score (nSPS) is 12.4. The molecule has 2 N–H and O–H groups in total. The van der Waals surface area contributed by atoms with Crippen LogP contribution in [0.4, 0.5) is 0 Å². The van der Waals surface area contributed by atoms with E-state index in [0.717, 1.165) is 22.8 Å². The first-order valence-corrected chi connectivity index (χ1v) is 8.14. The van der Waals surface area contributed by atoms with Gasteiger partial charge in [-0.2, -0.15) is 0 Å². The molecule has 0 aromatic heterocycles. The molecule has 2 aromatic rings. The van der Waals surface area contributed by atoms with Crippen LogP contribution in [0.25, 0.3) is 0 Å². The molecular weight excluding hydrogens is 286 g/mol. The van der Waals surface area contributed by atoms with Crippen molar-refractivity contribution in [3.63, 3.8) is 0 Å². The number of rotatable bonds is 5. The molecule has 0 radical (unpaired) electrons. The minimum atomic E-state index is 0.137. The van der Waals surface area contributed by atoms with Crippen molar-refractivity contribution in [2.24, 2.45) is 5.73 Å². The fourth-order valence-electron chi connectivity index (χ4n) is 2.06. The minimum absolute atomic E-state index is 0.137. The van der Waals surface area contributed by atoms with E-state index in [4.69, 9.17) is 17.3 Å². The van der Waals surface area contributed by atoms with Crippen molar-refractivity contribution in [2.75, 3.05) is 0 Å². The molecule has 20 heavy (non-hydrogen) atoms. The quantitative estimate of drug-likeness (QED) is 0.801. The van der Waals surface area contributed by atoms with Crippen LogP contribution >= 0.6 is 23.4 Å². The number of aryl methyl sites for hydroxylation is 1. The summed E-state index contributed by atoms with van der Waals surface area (Å²) < 4.78 is 0. The lowest BCUT2D eigenvalue weighted by Gasteiger charge is -2.10. The van der Waals surface area contributed by atoms with Crippen LogP contribution in [0.3, 0.4) is 0 Å². The monoisotopic (exact) mass is 305 g/mol. The Morgan fingerprint density at radius 3 is 2.55 bits per heavy atom. The minimum Gasteiger partial charge on any atom is -0.328 e. The Bertz CT molecular complexity index is 581.